The predicted octanol–water partition coefficient (Wildman–Crippen LogP) is 8.56. The third-order valence-electron chi connectivity index (χ3n) is 4.53. The van der Waals surface area contributed by atoms with Gasteiger partial charge in [-0.2, -0.15) is 0 Å². The van der Waals surface area contributed by atoms with Crippen LogP contribution < -0.4 is 5.32 Å². The Morgan fingerprint density at radius 2 is 0.967 bits per heavy atom. The molecule has 4 rings (SSSR count). The van der Waals surface area contributed by atoms with E-state index in [4.69, 9.17) is 11.6 Å². The molecule has 4 aromatic carbocycles. The summed E-state index contributed by atoms with van der Waals surface area (Å²) >= 11 is 5.80. The van der Waals surface area contributed by atoms with Gasteiger partial charge in [-0.05, 0) is 61.4 Å². The Hall–Kier alpha value is -3.29. The van der Waals surface area contributed by atoms with Crippen LogP contribution in [0.4, 0.5) is 11.4 Å². The van der Waals surface area contributed by atoms with Gasteiger partial charge >= 0.3 is 0 Å². The zero-order chi connectivity index (χ0) is 21.2. The Labute approximate surface area is 184 Å². The van der Waals surface area contributed by atoms with Gasteiger partial charge in [0.05, 0.1) is 0 Å². The third kappa shape index (κ3) is 7.27. The SMILES string of the molecule is Cc1ccc(Nc2ccc(C)cc2)cc1.Clc1ccc(C=Cc2ccccc2)cc1. The Balaban J connectivity index is 0.000000171. The van der Waals surface area contributed by atoms with Gasteiger partial charge in [0.25, 0.3) is 0 Å². The summed E-state index contributed by atoms with van der Waals surface area (Å²) in [5.41, 5.74) is 7.18. The van der Waals surface area contributed by atoms with Crippen molar-refractivity contribution in [3.63, 3.8) is 0 Å². The minimum Gasteiger partial charge on any atom is -0.356 e. The van der Waals surface area contributed by atoms with Crippen LogP contribution in [-0.4, -0.2) is 0 Å². The van der Waals surface area contributed by atoms with Crippen molar-refractivity contribution in [2.24, 2.45) is 0 Å². The molecule has 0 heterocycles. The molecule has 0 aliphatic carbocycles. The van der Waals surface area contributed by atoms with E-state index in [0.29, 0.717) is 0 Å². The fourth-order valence-corrected chi connectivity index (χ4v) is 2.90. The molecular weight excluding hydrogens is 386 g/mol. The van der Waals surface area contributed by atoms with Crippen LogP contribution in [-0.2, 0) is 0 Å². The van der Waals surface area contributed by atoms with E-state index in [0.717, 1.165) is 22.0 Å². The number of rotatable bonds is 4. The average Bonchev–Trinajstić information content (AvgIpc) is 2.78. The van der Waals surface area contributed by atoms with Gasteiger partial charge in [-0.15, -0.1) is 0 Å². The van der Waals surface area contributed by atoms with E-state index in [1.54, 1.807) is 0 Å². The number of aryl methyl sites for hydroxylation is 2. The molecule has 0 aromatic heterocycles. The fourth-order valence-electron chi connectivity index (χ4n) is 2.77. The van der Waals surface area contributed by atoms with Crippen LogP contribution in [0.25, 0.3) is 12.2 Å². The molecule has 0 aliphatic heterocycles. The van der Waals surface area contributed by atoms with Gasteiger partial charge in [0.2, 0.25) is 0 Å². The minimum absolute atomic E-state index is 0.770. The normalized spacial score (nSPS) is 10.4. The molecule has 30 heavy (non-hydrogen) atoms. The van der Waals surface area contributed by atoms with Crippen molar-refractivity contribution < 1.29 is 0 Å². The Kier molecular flexibility index (Phi) is 7.88. The summed E-state index contributed by atoms with van der Waals surface area (Å²) < 4.78 is 0. The molecule has 0 bridgehead atoms. The Morgan fingerprint density at radius 3 is 1.43 bits per heavy atom. The largest absolute Gasteiger partial charge is 0.356 e. The summed E-state index contributed by atoms with van der Waals surface area (Å²) in [5, 5.41) is 4.13. The predicted molar refractivity (Wildman–Crippen MR) is 132 cm³/mol. The highest BCUT2D eigenvalue weighted by Gasteiger charge is 1.93. The summed E-state index contributed by atoms with van der Waals surface area (Å²) in [4.78, 5) is 0. The lowest BCUT2D eigenvalue weighted by Gasteiger charge is -2.06. The summed E-state index contributed by atoms with van der Waals surface area (Å²) in [6, 6.07) is 34.8. The van der Waals surface area contributed by atoms with Crippen molar-refractivity contribution >= 4 is 35.1 Å². The Morgan fingerprint density at radius 1 is 0.533 bits per heavy atom. The van der Waals surface area contributed by atoms with Crippen LogP contribution in [0.2, 0.25) is 5.02 Å². The highest BCUT2D eigenvalue weighted by molar-refractivity contribution is 6.30. The van der Waals surface area contributed by atoms with Crippen LogP contribution in [0.3, 0.4) is 0 Å². The van der Waals surface area contributed by atoms with Crippen molar-refractivity contribution in [1.82, 2.24) is 0 Å². The van der Waals surface area contributed by atoms with Crippen molar-refractivity contribution in [3.05, 3.63) is 130 Å². The van der Waals surface area contributed by atoms with Gasteiger partial charge < -0.3 is 5.32 Å². The molecule has 150 valence electrons. The van der Waals surface area contributed by atoms with Crippen LogP contribution in [0, 0.1) is 13.8 Å². The molecule has 1 N–H and O–H groups in total. The third-order valence-corrected chi connectivity index (χ3v) is 4.78. The first kappa shape index (κ1) is 21.4. The van der Waals surface area contributed by atoms with E-state index < -0.39 is 0 Å². The molecule has 0 saturated heterocycles. The van der Waals surface area contributed by atoms with Gasteiger partial charge in [-0.1, -0.05) is 102 Å². The summed E-state index contributed by atoms with van der Waals surface area (Å²) in [5.74, 6) is 0. The maximum atomic E-state index is 5.80. The van der Waals surface area contributed by atoms with Crippen LogP contribution in [0.15, 0.2) is 103 Å². The highest BCUT2D eigenvalue weighted by Crippen LogP contribution is 2.17. The van der Waals surface area contributed by atoms with Crippen LogP contribution in [0.5, 0.6) is 0 Å². The van der Waals surface area contributed by atoms with Crippen molar-refractivity contribution in [2.75, 3.05) is 5.32 Å². The first-order valence-electron chi connectivity index (χ1n) is 9.97. The van der Waals surface area contributed by atoms with Gasteiger partial charge in [0.15, 0.2) is 0 Å². The van der Waals surface area contributed by atoms with Crippen LogP contribution >= 0.6 is 11.6 Å². The molecule has 0 saturated carbocycles. The number of halogens is 1. The van der Waals surface area contributed by atoms with E-state index in [1.165, 1.54) is 16.7 Å². The van der Waals surface area contributed by atoms with Gasteiger partial charge in [-0.25, -0.2) is 0 Å². The van der Waals surface area contributed by atoms with Gasteiger partial charge in [-0.3, -0.25) is 0 Å². The Bertz CT molecular complexity index is 1000. The average molecular weight is 412 g/mol. The van der Waals surface area contributed by atoms with E-state index in [-0.39, 0.29) is 0 Å². The summed E-state index contributed by atoms with van der Waals surface area (Å²) in [6.07, 6.45) is 4.16. The van der Waals surface area contributed by atoms with E-state index >= 15 is 0 Å². The molecule has 0 fully saturated rings. The molecule has 0 unspecified atom stereocenters. The quantitative estimate of drug-likeness (QED) is 0.331. The maximum absolute atomic E-state index is 5.80. The fraction of sp³-hybridized carbons (Fsp3) is 0.0714. The van der Waals surface area contributed by atoms with Crippen molar-refractivity contribution in [1.29, 1.82) is 0 Å². The zero-order valence-electron chi connectivity index (χ0n) is 17.3. The summed E-state index contributed by atoms with van der Waals surface area (Å²) in [7, 11) is 0. The van der Waals surface area contributed by atoms with E-state index in [2.05, 4.69) is 92.0 Å². The summed E-state index contributed by atoms with van der Waals surface area (Å²) in [6.45, 7) is 4.19. The first-order valence-corrected chi connectivity index (χ1v) is 10.4. The topological polar surface area (TPSA) is 12.0 Å². The molecule has 4 aromatic rings. The second-order valence-electron chi connectivity index (χ2n) is 7.15. The number of benzene rings is 4. The number of nitrogens with one attached hydrogen (secondary N) is 1. The monoisotopic (exact) mass is 411 g/mol. The lowest BCUT2D eigenvalue weighted by molar-refractivity contribution is 1.43. The molecule has 0 amide bonds. The second-order valence-corrected chi connectivity index (χ2v) is 7.59. The maximum Gasteiger partial charge on any atom is 0.0406 e. The zero-order valence-corrected chi connectivity index (χ0v) is 18.1. The molecule has 1 nitrogen and oxygen atoms in total. The molecular formula is C28H26ClN. The van der Waals surface area contributed by atoms with Crippen LogP contribution in [0.1, 0.15) is 22.3 Å². The number of hydrogen-bond acceptors (Lipinski definition) is 1. The minimum atomic E-state index is 0.770. The van der Waals surface area contributed by atoms with Crippen molar-refractivity contribution in [2.45, 2.75) is 13.8 Å². The lowest BCUT2D eigenvalue weighted by Crippen LogP contribution is -1.89. The smallest absolute Gasteiger partial charge is 0.0406 e. The first-order chi connectivity index (χ1) is 14.6. The molecule has 0 aliphatic rings. The van der Waals surface area contributed by atoms with Gasteiger partial charge in [0.1, 0.15) is 0 Å². The van der Waals surface area contributed by atoms with E-state index in [1.807, 2.05) is 42.5 Å². The molecule has 0 spiro atoms. The molecule has 2 heteroatoms. The van der Waals surface area contributed by atoms with Gasteiger partial charge in [0, 0.05) is 16.4 Å². The van der Waals surface area contributed by atoms with Crippen molar-refractivity contribution in [3.8, 4) is 0 Å². The second kappa shape index (κ2) is 11.0. The molecule has 0 radical (unpaired) electrons. The lowest BCUT2D eigenvalue weighted by atomic mass is 10.1. The highest BCUT2D eigenvalue weighted by atomic mass is 35.5. The number of anilines is 2. The van der Waals surface area contributed by atoms with E-state index in [9.17, 15) is 0 Å². The standard InChI is InChI=1S/C14H11Cl.C14H15N/c15-14-10-8-13(9-11-14)7-6-12-4-2-1-3-5-12;1-11-3-7-13(8-4-11)15-14-9-5-12(2)6-10-14/h1-11H;3-10,15H,1-2H3. The molecule has 0 atom stereocenters. The number of hydrogen-bond donors (Lipinski definition) is 1.